The molecule has 0 fully saturated rings. The summed E-state index contributed by atoms with van der Waals surface area (Å²) in [6.07, 6.45) is 0.751. The van der Waals surface area contributed by atoms with Crippen LogP contribution in [-0.4, -0.2) is 153 Å². The molecule has 0 aromatic heterocycles. The van der Waals surface area contributed by atoms with Crippen molar-refractivity contribution in [3.8, 4) is 28.7 Å². The highest BCUT2D eigenvalue weighted by Crippen LogP contribution is 2.52. The molecule has 14 N–H and O–H groups in total. The van der Waals surface area contributed by atoms with Gasteiger partial charge in [0.1, 0.15) is 72.6 Å². The van der Waals surface area contributed by atoms with E-state index in [0.29, 0.717) is 6.07 Å². The monoisotopic (exact) mass is 1690 g/mol. The van der Waals surface area contributed by atoms with E-state index in [2.05, 4.69) is 75.9 Å². The normalized spacial score (nSPS) is 13.0. The van der Waals surface area contributed by atoms with Crippen molar-refractivity contribution in [1.82, 2.24) is 0 Å². The molecule has 0 spiro atoms. The summed E-state index contributed by atoms with van der Waals surface area (Å²) >= 11 is 0.197. The van der Waals surface area contributed by atoms with Gasteiger partial charge in [-0.25, -0.2) is 15.5 Å². The molecule has 0 aliphatic heterocycles. The van der Waals surface area contributed by atoms with Gasteiger partial charge in [-0.15, -0.1) is 49.6 Å². The number of nitrogens with zero attached hydrogens (tertiary/aromatic N) is 11. The van der Waals surface area contributed by atoms with E-state index in [1.54, 1.807) is 0 Å². The van der Waals surface area contributed by atoms with Crippen molar-refractivity contribution in [3.63, 3.8) is 0 Å². The number of benzene rings is 10. The Morgan fingerprint density at radius 3 is 1.63 bits per heavy atom. The number of methoxy groups -OCH3 is 1. The molecule has 0 bridgehead atoms. The van der Waals surface area contributed by atoms with Gasteiger partial charge in [-0.05, 0) is 127 Å². The van der Waals surface area contributed by atoms with E-state index < -0.39 is 177 Å². The summed E-state index contributed by atoms with van der Waals surface area (Å²) in [5, 5.41) is 124. The molecular formula is C60H50N12O31S8. The molecule has 0 aliphatic rings. The lowest BCUT2D eigenvalue weighted by atomic mass is 10.0. The highest BCUT2D eigenvalue weighted by Gasteiger charge is 2.29. The van der Waals surface area contributed by atoms with Crippen LogP contribution in [0, 0.1) is 6.92 Å². The zero-order valence-corrected chi connectivity index (χ0v) is 62.0. The molecule has 0 amide bonds. The van der Waals surface area contributed by atoms with E-state index in [1.165, 1.54) is 50.4 Å². The van der Waals surface area contributed by atoms with Crippen molar-refractivity contribution in [1.29, 1.82) is 0 Å². The van der Waals surface area contributed by atoms with Crippen LogP contribution in [0.2, 0.25) is 0 Å². The van der Waals surface area contributed by atoms with Gasteiger partial charge in [0.2, 0.25) is 0 Å². The molecule has 0 atom stereocenters. The summed E-state index contributed by atoms with van der Waals surface area (Å²) in [4.78, 5) is -1.51. The smallest absolute Gasteiger partial charge is 0.297 e. The summed E-state index contributed by atoms with van der Waals surface area (Å²) in [5.74, 6) is -4.57. The molecular weight excluding hydrogens is 1640 g/mol. The predicted octanol–water partition coefficient (Wildman–Crippen LogP) is 14.0. The standard InChI is InChI=1S/C60H50N12O31S8/c1-28-16-43(47(99-14-13-73)26-42(28)65-68-45-22-33(107(83,84)85)17-30-18-34(108(86,87)88)23-46(74)52(30)45)66-72-56-51(110(92,93)94)19-29-4-5-32(20-37(29)59(56)77)63-69-53-38-24-48(104-102-100-78)54(57(75)35(38)7-9-40(53)61-12-3-15-106(80,81)82)70-64-41-10-8-36-39(60(41)111(95,96)97)25-49(105-103-101-79)55(58(36)76)71-67-44-21-31(62-27-98-2)6-11-50(44)109(89,90)91/h4-11,16-27,61,73-79H,3,12-15H2,1-2H3,(H,80,81,82)(H,83,84,85)(H,86,87,88)(H,89,90,91)(H,92,93,94)(H,95,96,97)/b62-27-,68-65?,69-63?,70-64?,71-67?,72-66?. The minimum Gasteiger partial charge on any atom is -0.507 e. The Morgan fingerprint density at radius 1 is 0.468 bits per heavy atom. The molecule has 0 radical (unpaired) electrons. The van der Waals surface area contributed by atoms with Gasteiger partial charge in [-0.2, -0.15) is 60.7 Å². The number of anilines is 1. The molecule has 0 unspecified atom stereocenters. The fraction of sp³-hybridized carbons (Fsp3) is 0.117. The first-order valence-electron chi connectivity index (χ1n) is 30.0. The predicted molar refractivity (Wildman–Crippen MR) is 389 cm³/mol. The number of ether oxygens (including phenoxy) is 2. The summed E-state index contributed by atoms with van der Waals surface area (Å²) in [5.41, 5.74) is -4.45. The molecule has 584 valence electrons. The zero-order valence-electron chi connectivity index (χ0n) is 55.4. The third-order valence-corrected chi connectivity index (χ3v) is 21.6. The van der Waals surface area contributed by atoms with Gasteiger partial charge in [0, 0.05) is 45.6 Å². The zero-order chi connectivity index (χ0) is 80.9. The van der Waals surface area contributed by atoms with Gasteiger partial charge in [-0.1, -0.05) is 16.1 Å². The fourth-order valence-electron chi connectivity index (χ4n) is 10.4. The van der Waals surface area contributed by atoms with Gasteiger partial charge in [0.15, 0.2) is 23.6 Å². The summed E-state index contributed by atoms with van der Waals surface area (Å²) < 4.78 is 229. The van der Waals surface area contributed by atoms with E-state index in [9.17, 15) is 109 Å². The molecule has 10 aromatic carbocycles. The van der Waals surface area contributed by atoms with E-state index in [-0.39, 0.29) is 120 Å². The first-order valence-corrected chi connectivity index (χ1v) is 40.3. The molecule has 10 rings (SSSR count). The van der Waals surface area contributed by atoms with Gasteiger partial charge in [0.05, 0.1) is 97.0 Å². The van der Waals surface area contributed by atoms with Crippen molar-refractivity contribution >= 4 is 203 Å². The van der Waals surface area contributed by atoms with E-state index >= 15 is 0 Å². The second kappa shape index (κ2) is 33.5. The van der Waals surface area contributed by atoms with Crippen LogP contribution < -0.4 is 10.1 Å². The number of azo groups is 5. The quantitative estimate of drug-likeness (QED) is 0.00280. The first-order chi connectivity index (χ1) is 52.2. The third kappa shape index (κ3) is 19.4. The van der Waals surface area contributed by atoms with Crippen LogP contribution >= 0.6 is 24.1 Å². The minimum atomic E-state index is -5.51. The fourth-order valence-corrected chi connectivity index (χ4v) is 15.0. The lowest BCUT2D eigenvalue weighted by Crippen LogP contribution is -2.10. The second-order valence-corrected chi connectivity index (χ2v) is 32.4. The maximum absolute atomic E-state index is 13.4. The Hall–Kier alpha value is -10.6. The number of phenols is 4. The minimum absolute atomic E-state index is 0.0158. The maximum Gasteiger partial charge on any atom is 0.297 e. The number of aliphatic imine (C=N–C) groups is 1. The van der Waals surface area contributed by atoms with Gasteiger partial charge < -0.3 is 40.3 Å². The topological polar surface area (TPSA) is 671 Å². The van der Waals surface area contributed by atoms with Gasteiger partial charge >= 0.3 is 0 Å². The Balaban J connectivity index is 1.05. The highest BCUT2D eigenvalue weighted by molar-refractivity contribution is 7.95. The number of aromatic hydroxyl groups is 4. The summed E-state index contributed by atoms with van der Waals surface area (Å²) in [6.45, 7) is 0.170. The van der Waals surface area contributed by atoms with Gasteiger partial charge in [-0.3, -0.25) is 27.3 Å². The molecule has 0 aliphatic carbocycles. The van der Waals surface area contributed by atoms with Crippen molar-refractivity contribution in [2.75, 3.05) is 37.9 Å². The number of aliphatic hydroxyl groups is 1. The second-order valence-electron chi connectivity index (χ2n) is 22.4. The van der Waals surface area contributed by atoms with Crippen molar-refractivity contribution in [2.24, 2.45) is 56.1 Å². The van der Waals surface area contributed by atoms with Crippen LogP contribution in [0.15, 0.2) is 206 Å². The number of fused-ring (bicyclic) bond motifs is 4. The molecule has 111 heavy (non-hydrogen) atoms. The number of nitrogens with one attached hydrogen (secondary N) is 1. The molecule has 51 heteroatoms. The average molecular weight is 1690 g/mol. The largest absolute Gasteiger partial charge is 0.507 e. The number of aliphatic hydroxyl groups excluding tert-OH is 1. The number of phenolic OH excluding ortho intramolecular Hbond substituents is 4. The van der Waals surface area contributed by atoms with E-state index in [4.69, 9.17) is 19.1 Å². The van der Waals surface area contributed by atoms with E-state index in [0.717, 1.165) is 79.2 Å². The van der Waals surface area contributed by atoms with Crippen molar-refractivity contribution in [2.45, 2.75) is 47.6 Å². The van der Waals surface area contributed by atoms with Crippen molar-refractivity contribution < 1.29 is 142 Å². The van der Waals surface area contributed by atoms with Gasteiger partial charge in [0.25, 0.3) is 60.7 Å². The van der Waals surface area contributed by atoms with Crippen LogP contribution in [0.4, 0.5) is 68.2 Å². The molecule has 0 heterocycles. The average Bonchev–Trinajstić information content (AvgIpc) is 0.763. The van der Waals surface area contributed by atoms with Crippen LogP contribution in [0.5, 0.6) is 28.7 Å². The molecule has 0 saturated carbocycles. The first kappa shape index (κ1) is 82.9. The number of aryl methyl sites for hydroxylation is 1. The summed E-state index contributed by atoms with van der Waals surface area (Å²) in [6, 6.07) is 19.6. The molecule has 10 aromatic rings. The summed E-state index contributed by atoms with van der Waals surface area (Å²) in [7, 11) is -29.1. The molecule has 0 saturated heterocycles. The lowest BCUT2D eigenvalue weighted by Gasteiger charge is -2.15. The molecule has 43 nitrogen and oxygen atoms in total. The number of rotatable bonds is 31. The maximum atomic E-state index is 13.4. The lowest BCUT2D eigenvalue weighted by molar-refractivity contribution is -0.432. The Morgan fingerprint density at radius 2 is 1.03 bits per heavy atom. The number of hydrogen-bond donors (Lipinski definition) is 14. The van der Waals surface area contributed by atoms with Crippen molar-refractivity contribution in [3.05, 3.63) is 121 Å². The third-order valence-electron chi connectivity index (χ3n) is 15.2. The van der Waals surface area contributed by atoms with E-state index in [1.807, 2.05) is 0 Å². The highest BCUT2D eigenvalue weighted by atomic mass is 32.2. The number of hydrogen-bond acceptors (Lipinski definition) is 39. The van der Waals surface area contributed by atoms with Crippen LogP contribution in [-0.2, 0) is 84.2 Å². The Kier molecular flexibility index (Phi) is 25.0. The Labute approximate surface area is 631 Å². The van der Waals surface area contributed by atoms with Crippen LogP contribution in [0.25, 0.3) is 43.1 Å². The SMILES string of the molecule is CO/C=N\c1ccc(S(=O)(=O)O)c(N=Nc2c(SOOO)cc3c(S(=O)(=O)O)c(N=Nc4c(SOOO)cc5c(N=Nc6ccc7cc(S(=O)(=O)O)c(N=Nc8cc(C)c(N=Nc9cc(S(=O)(=O)O)cc%10cc(S(=O)(=O)O)cc(O)c9%10)cc8OCCO)c(O)c7c6)c(NCCCS(=O)(=O)O)ccc5c4O)ccc3c2O)c1. The van der Waals surface area contributed by atoms with Crippen LogP contribution in [0.3, 0.4) is 0 Å². The van der Waals surface area contributed by atoms with Crippen LogP contribution in [0.1, 0.15) is 12.0 Å². The Bertz CT molecular complexity index is 6370.